The molecule has 0 aliphatic heterocycles. The lowest BCUT2D eigenvalue weighted by molar-refractivity contribution is -0.137. The van der Waals surface area contributed by atoms with Gasteiger partial charge < -0.3 is 0 Å². The first-order valence-corrected chi connectivity index (χ1v) is 10.2. The molecule has 130 valence electrons. The van der Waals surface area contributed by atoms with Crippen LogP contribution in [0.5, 0.6) is 0 Å². The van der Waals surface area contributed by atoms with Crippen molar-refractivity contribution >= 4 is 0 Å². The molecule has 4 rings (SSSR count). The summed E-state index contributed by atoms with van der Waals surface area (Å²) in [4.78, 5) is 0. The highest BCUT2D eigenvalue weighted by Gasteiger charge is 2.62. The van der Waals surface area contributed by atoms with Crippen LogP contribution < -0.4 is 0 Å². The van der Waals surface area contributed by atoms with E-state index in [-0.39, 0.29) is 5.41 Å². The number of alkyl halides is 1. The van der Waals surface area contributed by atoms with E-state index >= 15 is 4.39 Å². The summed E-state index contributed by atoms with van der Waals surface area (Å²) in [6.45, 7) is 11.5. The van der Waals surface area contributed by atoms with Crippen molar-refractivity contribution in [3.8, 4) is 0 Å². The van der Waals surface area contributed by atoms with E-state index in [4.69, 9.17) is 0 Å². The fraction of sp³-hybridized carbons (Fsp3) is 0.909. The highest BCUT2D eigenvalue weighted by molar-refractivity contribution is 5.13. The molecule has 0 spiro atoms. The van der Waals surface area contributed by atoms with E-state index in [0.717, 1.165) is 30.6 Å². The van der Waals surface area contributed by atoms with Gasteiger partial charge in [-0.15, -0.1) is 6.58 Å². The molecule has 4 aliphatic rings. The third-order valence-electron chi connectivity index (χ3n) is 9.24. The number of halogens is 1. The summed E-state index contributed by atoms with van der Waals surface area (Å²) >= 11 is 0. The van der Waals surface area contributed by atoms with Crippen molar-refractivity contribution in [1.82, 2.24) is 0 Å². The van der Waals surface area contributed by atoms with E-state index in [2.05, 4.69) is 33.4 Å². The summed E-state index contributed by atoms with van der Waals surface area (Å²) in [5.74, 6) is 3.89. The van der Waals surface area contributed by atoms with Crippen molar-refractivity contribution in [2.24, 2.45) is 46.3 Å². The third kappa shape index (κ3) is 2.07. The van der Waals surface area contributed by atoms with Crippen LogP contribution in [0.2, 0.25) is 0 Å². The molecule has 4 fully saturated rings. The molecular weight excluding hydrogens is 283 g/mol. The Morgan fingerprint density at radius 1 is 0.957 bits per heavy atom. The lowest BCUT2D eigenvalue weighted by Crippen LogP contribution is -2.56. The molecule has 0 aromatic carbocycles. The Bertz CT molecular complexity index is 484. The van der Waals surface area contributed by atoms with E-state index in [1.54, 1.807) is 0 Å². The second-order valence-corrected chi connectivity index (χ2v) is 10.0. The topological polar surface area (TPSA) is 0 Å². The van der Waals surface area contributed by atoms with Gasteiger partial charge in [-0.05, 0) is 84.9 Å². The van der Waals surface area contributed by atoms with Gasteiger partial charge in [-0.25, -0.2) is 4.39 Å². The largest absolute Gasteiger partial charge is 0.247 e. The average molecular weight is 319 g/mol. The quantitative estimate of drug-likeness (QED) is 0.490. The van der Waals surface area contributed by atoms with Crippen molar-refractivity contribution < 1.29 is 4.39 Å². The zero-order valence-electron chi connectivity index (χ0n) is 15.4. The Balaban J connectivity index is 1.69. The molecule has 2 unspecified atom stereocenters. The number of allylic oxidation sites excluding steroid dienone is 1. The van der Waals surface area contributed by atoms with Crippen LogP contribution in [0.1, 0.15) is 72.1 Å². The zero-order chi connectivity index (χ0) is 16.4. The van der Waals surface area contributed by atoms with Crippen LogP contribution in [0.25, 0.3) is 0 Å². The summed E-state index contributed by atoms with van der Waals surface area (Å²) in [7, 11) is 0. The van der Waals surface area contributed by atoms with Gasteiger partial charge in [0.25, 0.3) is 0 Å². The molecule has 0 N–H and O–H groups in total. The number of hydrogen-bond acceptors (Lipinski definition) is 0. The van der Waals surface area contributed by atoms with Crippen molar-refractivity contribution in [3.05, 3.63) is 12.7 Å². The molecule has 0 saturated heterocycles. The minimum atomic E-state index is -0.540. The Labute approximate surface area is 142 Å². The average Bonchev–Trinajstić information content (AvgIpc) is 2.77. The maximum absolute atomic E-state index is 15.2. The van der Waals surface area contributed by atoms with Crippen molar-refractivity contribution in [2.45, 2.75) is 78.3 Å². The Hall–Kier alpha value is -0.330. The van der Waals surface area contributed by atoms with Gasteiger partial charge in [0.05, 0.1) is 0 Å². The Morgan fingerprint density at radius 2 is 1.74 bits per heavy atom. The van der Waals surface area contributed by atoms with Gasteiger partial charge in [0.1, 0.15) is 6.17 Å². The number of fused-ring (bicyclic) bond motifs is 5. The predicted molar refractivity (Wildman–Crippen MR) is 94.9 cm³/mol. The van der Waals surface area contributed by atoms with Gasteiger partial charge in [0, 0.05) is 0 Å². The van der Waals surface area contributed by atoms with Gasteiger partial charge in [0.15, 0.2) is 0 Å². The molecule has 0 radical (unpaired) electrons. The molecular formula is C22H35F. The molecule has 0 nitrogen and oxygen atoms in total. The van der Waals surface area contributed by atoms with E-state index in [1.165, 1.54) is 38.5 Å². The second-order valence-electron chi connectivity index (χ2n) is 10.0. The van der Waals surface area contributed by atoms with Gasteiger partial charge in [0.2, 0.25) is 0 Å². The van der Waals surface area contributed by atoms with Crippen LogP contribution in [-0.4, -0.2) is 6.17 Å². The van der Waals surface area contributed by atoms with Gasteiger partial charge in [-0.2, -0.15) is 0 Å². The lowest BCUT2D eigenvalue weighted by atomic mass is 9.44. The van der Waals surface area contributed by atoms with Gasteiger partial charge in [-0.3, -0.25) is 0 Å². The third-order valence-corrected chi connectivity index (χ3v) is 9.24. The lowest BCUT2D eigenvalue weighted by Gasteiger charge is -2.61. The van der Waals surface area contributed by atoms with Crippen LogP contribution in [-0.2, 0) is 0 Å². The molecule has 0 amide bonds. The fourth-order valence-corrected chi connectivity index (χ4v) is 8.20. The summed E-state index contributed by atoms with van der Waals surface area (Å²) in [6.07, 6.45) is 11.6. The molecule has 0 bridgehead atoms. The summed E-state index contributed by atoms with van der Waals surface area (Å²) in [5.41, 5.74) is 0.678. The predicted octanol–water partition coefficient (Wildman–Crippen LogP) is 6.42. The summed E-state index contributed by atoms with van der Waals surface area (Å²) < 4.78 is 15.2. The molecule has 4 aliphatic carbocycles. The van der Waals surface area contributed by atoms with Crippen molar-refractivity contribution in [3.63, 3.8) is 0 Å². The van der Waals surface area contributed by atoms with Crippen molar-refractivity contribution in [1.29, 1.82) is 0 Å². The maximum Gasteiger partial charge on any atom is 0.104 e. The van der Waals surface area contributed by atoms with E-state index in [0.29, 0.717) is 23.2 Å². The standard InChI is InChI=1S/C22H35F/c1-5-16-14(2)12-19-15-13-20(23)18-8-6-7-10-21(18,3)17(15)9-11-22(16,19)4/h5,14-20H,1,6-13H2,2-4H3/t14?,15-,16+,17+,18?,19+,20+,21-,22-/m1/s1. The number of hydrogen-bond donors (Lipinski definition) is 0. The molecule has 1 heteroatoms. The van der Waals surface area contributed by atoms with Crippen LogP contribution in [0.15, 0.2) is 12.7 Å². The molecule has 9 atom stereocenters. The zero-order valence-corrected chi connectivity index (χ0v) is 15.4. The van der Waals surface area contributed by atoms with Crippen molar-refractivity contribution in [2.75, 3.05) is 0 Å². The molecule has 0 heterocycles. The smallest absolute Gasteiger partial charge is 0.104 e. The number of rotatable bonds is 1. The maximum atomic E-state index is 15.2. The first-order chi connectivity index (χ1) is 10.9. The minimum Gasteiger partial charge on any atom is -0.247 e. The first-order valence-electron chi connectivity index (χ1n) is 10.2. The fourth-order valence-electron chi connectivity index (χ4n) is 8.20. The minimum absolute atomic E-state index is 0.289. The Morgan fingerprint density at radius 3 is 2.48 bits per heavy atom. The molecule has 0 aromatic rings. The second kappa shape index (κ2) is 5.33. The normalized spacial score (nSPS) is 58.9. The molecule has 4 saturated carbocycles. The highest BCUT2D eigenvalue weighted by Crippen LogP contribution is 2.68. The van der Waals surface area contributed by atoms with Crippen LogP contribution in [0, 0.1) is 46.3 Å². The van der Waals surface area contributed by atoms with E-state index in [9.17, 15) is 0 Å². The Kier molecular flexibility index (Phi) is 3.75. The summed E-state index contributed by atoms with van der Waals surface area (Å²) in [5, 5.41) is 0. The van der Waals surface area contributed by atoms with Gasteiger partial charge in [-0.1, -0.05) is 39.7 Å². The summed E-state index contributed by atoms with van der Waals surface area (Å²) in [6, 6.07) is 0. The highest BCUT2D eigenvalue weighted by atomic mass is 19.1. The molecule has 0 aromatic heterocycles. The van der Waals surface area contributed by atoms with E-state index < -0.39 is 6.17 Å². The monoisotopic (exact) mass is 318 g/mol. The SMILES string of the molecule is C=C[C@H]1C(C)C[C@H]2[C@@H]3C[C@H](F)C4CCCC[C@]4(C)[C@H]3CC[C@]12C. The first kappa shape index (κ1) is 16.2. The van der Waals surface area contributed by atoms with Gasteiger partial charge >= 0.3 is 0 Å². The van der Waals surface area contributed by atoms with Crippen LogP contribution in [0.4, 0.5) is 4.39 Å². The van der Waals surface area contributed by atoms with Crippen LogP contribution >= 0.6 is 0 Å². The molecule has 23 heavy (non-hydrogen) atoms. The van der Waals surface area contributed by atoms with E-state index in [1.807, 2.05) is 0 Å². The van der Waals surface area contributed by atoms with Crippen LogP contribution in [0.3, 0.4) is 0 Å².